The highest BCUT2D eigenvalue weighted by atomic mass is 19.1. The van der Waals surface area contributed by atoms with E-state index in [1.165, 1.54) is 10.6 Å². The Morgan fingerprint density at radius 2 is 2.00 bits per heavy atom. The summed E-state index contributed by atoms with van der Waals surface area (Å²) in [5.41, 5.74) is 6.78. The van der Waals surface area contributed by atoms with E-state index in [2.05, 4.69) is 4.99 Å². The van der Waals surface area contributed by atoms with E-state index < -0.39 is 23.1 Å². The molecule has 0 radical (unpaired) electrons. The quantitative estimate of drug-likeness (QED) is 0.595. The molecule has 1 atom stereocenters. The molecule has 5 rings (SSSR count). The summed E-state index contributed by atoms with van der Waals surface area (Å²) in [6, 6.07) is 13.7. The number of hydrogen-bond acceptors (Lipinski definition) is 6. The molecular weight excluding hydrogens is 413 g/mol. The summed E-state index contributed by atoms with van der Waals surface area (Å²) in [5.74, 6) is 0.0618. The Morgan fingerprint density at radius 3 is 2.72 bits per heavy atom. The van der Waals surface area contributed by atoms with E-state index in [1.807, 2.05) is 32.9 Å². The number of aliphatic imine (C=N–C) groups is 1. The van der Waals surface area contributed by atoms with E-state index in [0.717, 1.165) is 5.56 Å². The van der Waals surface area contributed by atoms with Crippen LogP contribution in [0.5, 0.6) is 11.5 Å². The van der Waals surface area contributed by atoms with Gasteiger partial charge in [0.15, 0.2) is 17.1 Å². The number of fused-ring (bicyclic) bond motifs is 4. The molecule has 3 aromatic rings. The third-order valence-electron chi connectivity index (χ3n) is 5.41. The highest BCUT2D eigenvalue weighted by molar-refractivity contribution is 5.81. The Hall–Kier alpha value is -3.81. The predicted octanol–water partition coefficient (Wildman–Crippen LogP) is 4.77. The van der Waals surface area contributed by atoms with Crippen LogP contribution in [0.1, 0.15) is 31.9 Å². The number of hydrogen-bond donors (Lipinski definition) is 1. The molecule has 2 aliphatic rings. The lowest BCUT2D eigenvalue weighted by atomic mass is 9.80. The molecule has 3 heterocycles. The fourth-order valence-electron chi connectivity index (χ4n) is 4.09. The van der Waals surface area contributed by atoms with Gasteiger partial charge in [-0.15, -0.1) is 0 Å². The van der Waals surface area contributed by atoms with Crippen molar-refractivity contribution in [1.29, 1.82) is 0 Å². The molecular formula is C24H22FN3O4. The molecule has 0 unspecified atom stereocenters. The average Bonchev–Trinajstić information content (AvgIpc) is 3.36. The van der Waals surface area contributed by atoms with Crippen molar-refractivity contribution in [2.75, 3.05) is 6.61 Å². The number of carbonyl (C=O) groups is 1. The normalized spacial score (nSPS) is 18.9. The summed E-state index contributed by atoms with van der Waals surface area (Å²) in [4.78, 5) is 17.3. The standard InChI is InChI=1S/C24H22FN3O4/c1-23(2,3)32-22(29)28-11-5-8-18(28)14-9-10-19-16(12-14)24(13-30-21(26)27-24)15-6-4-7-17(25)20(15)31-19/h4-12H,13H2,1-3H3,(H2,26,27)/t24-/m1/s1. The van der Waals surface area contributed by atoms with Gasteiger partial charge in [-0.1, -0.05) is 12.1 Å². The van der Waals surface area contributed by atoms with Gasteiger partial charge in [0, 0.05) is 17.3 Å². The molecule has 1 aromatic heterocycles. The topological polar surface area (TPSA) is 88.1 Å². The van der Waals surface area contributed by atoms with E-state index in [4.69, 9.17) is 19.9 Å². The minimum absolute atomic E-state index is 0.0237. The van der Waals surface area contributed by atoms with Crippen LogP contribution in [0, 0.1) is 5.82 Å². The number of para-hydroxylation sites is 1. The van der Waals surface area contributed by atoms with E-state index >= 15 is 0 Å². The van der Waals surface area contributed by atoms with Gasteiger partial charge in [-0.25, -0.2) is 14.2 Å². The molecule has 0 amide bonds. The molecule has 2 N–H and O–H groups in total. The molecule has 1 spiro atoms. The molecule has 0 saturated carbocycles. The molecule has 8 heteroatoms. The van der Waals surface area contributed by atoms with Crippen LogP contribution in [0.3, 0.4) is 0 Å². The highest BCUT2D eigenvalue weighted by Crippen LogP contribution is 2.52. The lowest BCUT2D eigenvalue weighted by Crippen LogP contribution is -2.31. The second-order valence-corrected chi connectivity index (χ2v) is 8.77. The smallest absolute Gasteiger partial charge is 0.418 e. The summed E-state index contributed by atoms with van der Waals surface area (Å²) in [7, 11) is 0. The number of carbonyl (C=O) groups excluding carboxylic acids is 1. The van der Waals surface area contributed by atoms with Crippen LogP contribution in [-0.2, 0) is 15.0 Å². The van der Waals surface area contributed by atoms with Crippen LogP contribution < -0.4 is 10.5 Å². The zero-order valence-corrected chi connectivity index (χ0v) is 17.9. The maximum Gasteiger partial charge on any atom is 0.418 e. The first-order valence-electron chi connectivity index (χ1n) is 10.2. The average molecular weight is 435 g/mol. The summed E-state index contributed by atoms with van der Waals surface area (Å²) < 4.78 is 33.0. The van der Waals surface area contributed by atoms with E-state index in [-0.39, 0.29) is 18.4 Å². The third-order valence-corrected chi connectivity index (χ3v) is 5.41. The lowest BCUT2D eigenvalue weighted by molar-refractivity contribution is 0.0540. The van der Waals surface area contributed by atoms with Crippen molar-refractivity contribution in [2.45, 2.75) is 31.9 Å². The van der Waals surface area contributed by atoms with Gasteiger partial charge in [0.1, 0.15) is 18.0 Å². The Labute approximate surface area is 184 Å². The predicted molar refractivity (Wildman–Crippen MR) is 116 cm³/mol. The Balaban J connectivity index is 1.65. The van der Waals surface area contributed by atoms with Crippen LogP contribution in [0.4, 0.5) is 9.18 Å². The number of benzene rings is 2. The van der Waals surface area contributed by atoms with Gasteiger partial charge in [0.05, 0.1) is 5.69 Å². The van der Waals surface area contributed by atoms with Crippen LogP contribution in [0.25, 0.3) is 11.3 Å². The van der Waals surface area contributed by atoms with Gasteiger partial charge in [-0.2, -0.15) is 0 Å². The van der Waals surface area contributed by atoms with Gasteiger partial charge in [0.2, 0.25) is 0 Å². The molecule has 0 fully saturated rings. The largest absolute Gasteiger partial charge is 0.462 e. The van der Waals surface area contributed by atoms with Gasteiger partial charge in [-0.3, -0.25) is 4.57 Å². The third kappa shape index (κ3) is 3.10. The fraction of sp³-hybridized carbons (Fsp3) is 0.250. The SMILES string of the molecule is CC(C)(C)OC(=O)n1cccc1-c1ccc2c(c1)[C@@]1(COC(N)=N1)c1cccc(F)c1O2. The minimum Gasteiger partial charge on any atom is -0.462 e. The first kappa shape index (κ1) is 20.1. The fourth-order valence-corrected chi connectivity index (χ4v) is 4.09. The summed E-state index contributed by atoms with van der Waals surface area (Å²) >= 11 is 0. The Bertz CT molecular complexity index is 1270. The van der Waals surface area contributed by atoms with Crippen molar-refractivity contribution >= 4 is 12.1 Å². The van der Waals surface area contributed by atoms with Crippen molar-refractivity contribution in [1.82, 2.24) is 4.57 Å². The number of amidine groups is 1. The summed E-state index contributed by atoms with van der Waals surface area (Å²) in [6.45, 7) is 5.55. The maximum atomic E-state index is 14.6. The van der Waals surface area contributed by atoms with Crippen LogP contribution in [-0.4, -0.2) is 28.9 Å². The number of halogens is 1. The zero-order chi connectivity index (χ0) is 22.7. The molecule has 7 nitrogen and oxygen atoms in total. The Morgan fingerprint density at radius 1 is 1.19 bits per heavy atom. The molecule has 0 aliphatic carbocycles. The molecule has 2 aliphatic heterocycles. The van der Waals surface area contributed by atoms with Crippen LogP contribution in [0.2, 0.25) is 0 Å². The molecule has 0 bridgehead atoms. The number of nitrogens with two attached hydrogens (primary N) is 1. The first-order chi connectivity index (χ1) is 15.2. The zero-order valence-electron chi connectivity index (χ0n) is 17.9. The van der Waals surface area contributed by atoms with Crippen LogP contribution >= 0.6 is 0 Å². The minimum atomic E-state index is -1.05. The van der Waals surface area contributed by atoms with Crippen LogP contribution in [0.15, 0.2) is 59.7 Å². The number of ether oxygens (including phenoxy) is 3. The number of nitrogens with zero attached hydrogens (tertiary/aromatic N) is 2. The van der Waals surface area contributed by atoms with Gasteiger partial charge < -0.3 is 19.9 Å². The van der Waals surface area contributed by atoms with Crippen molar-refractivity contribution < 1.29 is 23.4 Å². The maximum absolute atomic E-state index is 14.6. The molecule has 32 heavy (non-hydrogen) atoms. The van der Waals surface area contributed by atoms with Gasteiger partial charge in [0.25, 0.3) is 6.02 Å². The second-order valence-electron chi connectivity index (χ2n) is 8.77. The van der Waals surface area contributed by atoms with Crippen molar-refractivity contribution in [2.24, 2.45) is 10.7 Å². The highest BCUT2D eigenvalue weighted by Gasteiger charge is 2.47. The Kier molecular flexibility index (Phi) is 4.30. The molecule has 2 aromatic carbocycles. The molecule has 164 valence electrons. The summed E-state index contributed by atoms with van der Waals surface area (Å²) in [5, 5.41) is 0. The van der Waals surface area contributed by atoms with Gasteiger partial charge in [-0.05, 0) is 62.7 Å². The second kappa shape index (κ2) is 6.85. The monoisotopic (exact) mass is 435 g/mol. The molecule has 0 saturated heterocycles. The van der Waals surface area contributed by atoms with E-state index in [0.29, 0.717) is 22.6 Å². The van der Waals surface area contributed by atoms with Crippen molar-refractivity contribution in [3.05, 3.63) is 71.7 Å². The van der Waals surface area contributed by atoms with Crippen molar-refractivity contribution in [3.63, 3.8) is 0 Å². The van der Waals surface area contributed by atoms with E-state index in [9.17, 15) is 9.18 Å². The number of rotatable bonds is 1. The van der Waals surface area contributed by atoms with Crippen molar-refractivity contribution in [3.8, 4) is 22.8 Å². The summed E-state index contributed by atoms with van der Waals surface area (Å²) in [6.07, 6.45) is 1.16. The van der Waals surface area contributed by atoms with Gasteiger partial charge >= 0.3 is 6.09 Å². The number of aromatic nitrogens is 1. The van der Waals surface area contributed by atoms with E-state index in [1.54, 1.807) is 36.5 Å². The first-order valence-corrected chi connectivity index (χ1v) is 10.2. The lowest BCUT2D eigenvalue weighted by Gasteiger charge is -2.33.